The molecule has 1 saturated heterocycles. The number of rotatable bonds is 3. The molecule has 1 aliphatic heterocycles. The SMILES string of the molecule is CC(=O)Nc1cc(NC(C)=O)cc(C(=O)N2CCCC[C@@H]2C)c1. The summed E-state index contributed by atoms with van der Waals surface area (Å²) >= 11 is 0. The van der Waals surface area contributed by atoms with E-state index in [1.165, 1.54) is 13.8 Å². The van der Waals surface area contributed by atoms with E-state index in [2.05, 4.69) is 10.6 Å². The Bertz CT molecular complexity index is 593. The molecule has 0 saturated carbocycles. The normalized spacial score (nSPS) is 17.5. The molecule has 0 radical (unpaired) electrons. The van der Waals surface area contributed by atoms with Gasteiger partial charge in [0, 0.05) is 43.4 Å². The number of hydrogen-bond acceptors (Lipinski definition) is 3. The summed E-state index contributed by atoms with van der Waals surface area (Å²) in [5.74, 6) is -0.527. The summed E-state index contributed by atoms with van der Waals surface area (Å²) in [5, 5.41) is 5.33. The summed E-state index contributed by atoms with van der Waals surface area (Å²) in [6, 6.07) is 5.14. The lowest BCUT2D eigenvalue weighted by Crippen LogP contribution is -2.42. The van der Waals surface area contributed by atoms with E-state index in [9.17, 15) is 14.4 Å². The van der Waals surface area contributed by atoms with Crippen molar-refractivity contribution in [1.82, 2.24) is 4.90 Å². The van der Waals surface area contributed by atoms with Crippen molar-refractivity contribution < 1.29 is 14.4 Å². The minimum absolute atomic E-state index is 0.0731. The first kappa shape index (κ1) is 17.0. The van der Waals surface area contributed by atoms with Gasteiger partial charge >= 0.3 is 0 Å². The molecule has 1 heterocycles. The van der Waals surface area contributed by atoms with Gasteiger partial charge in [-0.2, -0.15) is 0 Å². The average molecular weight is 317 g/mol. The van der Waals surface area contributed by atoms with Crippen LogP contribution in [0.25, 0.3) is 0 Å². The third-order valence-corrected chi connectivity index (χ3v) is 3.88. The van der Waals surface area contributed by atoms with Gasteiger partial charge in [-0.15, -0.1) is 0 Å². The summed E-state index contributed by atoms with van der Waals surface area (Å²) in [7, 11) is 0. The van der Waals surface area contributed by atoms with E-state index in [0.717, 1.165) is 25.8 Å². The number of carbonyl (C=O) groups excluding carboxylic acids is 3. The maximum absolute atomic E-state index is 12.8. The first-order valence-electron chi connectivity index (χ1n) is 7.88. The topological polar surface area (TPSA) is 78.5 Å². The largest absolute Gasteiger partial charge is 0.336 e. The Balaban J connectivity index is 2.32. The molecule has 6 heteroatoms. The van der Waals surface area contributed by atoms with Crippen LogP contribution in [-0.2, 0) is 9.59 Å². The van der Waals surface area contributed by atoms with Crippen molar-refractivity contribution >= 4 is 29.1 Å². The van der Waals surface area contributed by atoms with Crippen LogP contribution in [0.1, 0.15) is 50.4 Å². The number of carbonyl (C=O) groups is 3. The molecule has 23 heavy (non-hydrogen) atoms. The summed E-state index contributed by atoms with van der Waals surface area (Å²) in [4.78, 5) is 37.2. The number of amides is 3. The van der Waals surface area contributed by atoms with E-state index in [-0.39, 0.29) is 23.8 Å². The second-order valence-electron chi connectivity index (χ2n) is 6.00. The third kappa shape index (κ3) is 4.55. The molecule has 1 aromatic carbocycles. The number of nitrogens with zero attached hydrogens (tertiary/aromatic N) is 1. The van der Waals surface area contributed by atoms with E-state index >= 15 is 0 Å². The van der Waals surface area contributed by atoms with Crippen LogP contribution in [0.3, 0.4) is 0 Å². The number of benzene rings is 1. The number of likely N-dealkylation sites (tertiary alicyclic amines) is 1. The van der Waals surface area contributed by atoms with Crippen molar-refractivity contribution in [2.75, 3.05) is 17.2 Å². The zero-order valence-electron chi connectivity index (χ0n) is 13.8. The fourth-order valence-corrected chi connectivity index (χ4v) is 2.87. The zero-order valence-corrected chi connectivity index (χ0v) is 13.8. The number of hydrogen-bond donors (Lipinski definition) is 2. The molecule has 0 aliphatic carbocycles. The van der Waals surface area contributed by atoms with Gasteiger partial charge in [-0.25, -0.2) is 0 Å². The van der Waals surface area contributed by atoms with E-state index in [4.69, 9.17) is 0 Å². The first-order valence-corrected chi connectivity index (χ1v) is 7.88. The summed E-state index contributed by atoms with van der Waals surface area (Å²) < 4.78 is 0. The molecule has 6 nitrogen and oxygen atoms in total. The van der Waals surface area contributed by atoms with Gasteiger partial charge in [0.05, 0.1) is 0 Å². The minimum Gasteiger partial charge on any atom is -0.336 e. The molecule has 0 unspecified atom stereocenters. The van der Waals surface area contributed by atoms with Crippen LogP contribution in [-0.4, -0.2) is 35.2 Å². The average Bonchev–Trinajstić information content (AvgIpc) is 2.45. The highest BCUT2D eigenvalue weighted by atomic mass is 16.2. The lowest BCUT2D eigenvalue weighted by Gasteiger charge is -2.33. The van der Waals surface area contributed by atoms with Crippen LogP contribution in [0.15, 0.2) is 18.2 Å². The van der Waals surface area contributed by atoms with Gasteiger partial charge in [0.2, 0.25) is 11.8 Å². The van der Waals surface area contributed by atoms with Gasteiger partial charge in [-0.05, 0) is 44.4 Å². The van der Waals surface area contributed by atoms with Crippen molar-refractivity contribution in [3.8, 4) is 0 Å². The predicted molar refractivity (Wildman–Crippen MR) is 89.4 cm³/mol. The molecule has 0 spiro atoms. The van der Waals surface area contributed by atoms with E-state index in [0.29, 0.717) is 16.9 Å². The predicted octanol–water partition coefficient (Wildman–Crippen LogP) is 2.62. The zero-order chi connectivity index (χ0) is 17.0. The monoisotopic (exact) mass is 317 g/mol. The van der Waals surface area contributed by atoms with Crippen LogP contribution in [0, 0.1) is 0 Å². The Morgan fingerprint density at radius 1 is 1.00 bits per heavy atom. The van der Waals surface area contributed by atoms with Gasteiger partial charge in [-0.1, -0.05) is 0 Å². The second-order valence-corrected chi connectivity index (χ2v) is 6.00. The van der Waals surface area contributed by atoms with E-state index < -0.39 is 0 Å². The van der Waals surface area contributed by atoms with Gasteiger partial charge in [0.25, 0.3) is 5.91 Å². The van der Waals surface area contributed by atoms with Crippen LogP contribution < -0.4 is 10.6 Å². The Morgan fingerprint density at radius 3 is 2.04 bits per heavy atom. The van der Waals surface area contributed by atoms with Crippen molar-refractivity contribution in [2.24, 2.45) is 0 Å². The molecule has 1 aromatic rings. The quantitative estimate of drug-likeness (QED) is 0.899. The molecule has 2 rings (SSSR count). The summed E-state index contributed by atoms with van der Waals surface area (Å²) in [6.45, 7) is 5.59. The first-order chi connectivity index (χ1) is 10.9. The molecule has 124 valence electrons. The molecule has 1 aliphatic rings. The van der Waals surface area contributed by atoms with Crippen LogP contribution in [0.4, 0.5) is 11.4 Å². The molecule has 2 N–H and O–H groups in total. The van der Waals surface area contributed by atoms with E-state index in [1.807, 2.05) is 11.8 Å². The number of nitrogens with one attached hydrogen (secondary N) is 2. The molecular weight excluding hydrogens is 294 g/mol. The Hall–Kier alpha value is -2.37. The number of anilines is 2. The van der Waals surface area contributed by atoms with Crippen LogP contribution in [0.5, 0.6) is 0 Å². The molecule has 0 aromatic heterocycles. The maximum atomic E-state index is 12.8. The van der Waals surface area contributed by atoms with Gasteiger partial charge in [0.15, 0.2) is 0 Å². The van der Waals surface area contributed by atoms with Crippen LogP contribution in [0.2, 0.25) is 0 Å². The number of piperidine rings is 1. The smallest absolute Gasteiger partial charge is 0.254 e. The van der Waals surface area contributed by atoms with E-state index in [1.54, 1.807) is 18.2 Å². The molecular formula is C17H23N3O3. The lowest BCUT2D eigenvalue weighted by molar-refractivity contribution is -0.115. The summed E-state index contributed by atoms with van der Waals surface area (Å²) in [6.07, 6.45) is 3.13. The highest BCUT2D eigenvalue weighted by Gasteiger charge is 2.24. The van der Waals surface area contributed by atoms with Crippen molar-refractivity contribution in [3.63, 3.8) is 0 Å². The van der Waals surface area contributed by atoms with Gasteiger partial charge in [0.1, 0.15) is 0 Å². The second kappa shape index (κ2) is 7.26. The fraction of sp³-hybridized carbons (Fsp3) is 0.471. The molecule has 1 fully saturated rings. The standard InChI is InChI=1S/C17H23N3O3/c1-11-6-4-5-7-20(11)17(23)14-8-15(18-12(2)21)10-16(9-14)19-13(3)22/h8-11H,4-7H2,1-3H3,(H,18,21)(H,19,22)/t11-/m0/s1. The van der Waals surface area contributed by atoms with Crippen molar-refractivity contribution in [1.29, 1.82) is 0 Å². The molecule has 1 atom stereocenters. The minimum atomic E-state index is -0.227. The maximum Gasteiger partial charge on any atom is 0.254 e. The van der Waals surface area contributed by atoms with Gasteiger partial charge in [-0.3, -0.25) is 14.4 Å². The molecule has 0 bridgehead atoms. The highest BCUT2D eigenvalue weighted by Crippen LogP contribution is 2.24. The Kier molecular flexibility index (Phi) is 5.36. The van der Waals surface area contributed by atoms with Gasteiger partial charge < -0.3 is 15.5 Å². The van der Waals surface area contributed by atoms with Crippen LogP contribution >= 0.6 is 0 Å². The Morgan fingerprint density at radius 2 is 1.57 bits per heavy atom. The molecule has 3 amide bonds. The fourth-order valence-electron chi connectivity index (χ4n) is 2.87. The lowest BCUT2D eigenvalue weighted by atomic mass is 10.0. The third-order valence-electron chi connectivity index (χ3n) is 3.88. The highest BCUT2D eigenvalue weighted by molar-refractivity contribution is 6.00. The van der Waals surface area contributed by atoms with Crippen molar-refractivity contribution in [2.45, 2.75) is 46.1 Å². The Labute approximate surface area is 136 Å². The van der Waals surface area contributed by atoms with Crippen molar-refractivity contribution in [3.05, 3.63) is 23.8 Å². The summed E-state index contributed by atoms with van der Waals surface area (Å²) in [5.41, 5.74) is 1.46.